The summed E-state index contributed by atoms with van der Waals surface area (Å²) in [6.45, 7) is -0.0142. The van der Waals surface area contributed by atoms with Crippen LogP contribution in [0.25, 0.3) is 0 Å². The van der Waals surface area contributed by atoms with Gasteiger partial charge in [0.25, 0.3) is 5.92 Å². The molecular formula is C6H11F2NO. The fourth-order valence-corrected chi connectivity index (χ4v) is 0.990. The maximum atomic E-state index is 12.5. The second-order valence-electron chi connectivity index (χ2n) is 2.68. The number of nitrogens with one attached hydrogen (secondary N) is 1. The number of aliphatic hydroxyl groups excluding tert-OH is 1. The van der Waals surface area contributed by atoms with Crippen molar-refractivity contribution in [3.05, 3.63) is 0 Å². The summed E-state index contributed by atoms with van der Waals surface area (Å²) in [5.41, 5.74) is 0. The zero-order valence-corrected chi connectivity index (χ0v) is 5.61. The van der Waals surface area contributed by atoms with E-state index in [1.54, 1.807) is 0 Å². The summed E-state index contributed by atoms with van der Waals surface area (Å²) in [5.74, 6) is -2.63. The van der Waals surface area contributed by atoms with E-state index in [4.69, 9.17) is 5.11 Å². The largest absolute Gasteiger partial charge is 0.392 e. The number of aliphatic hydroxyl groups is 1. The Kier molecular flexibility index (Phi) is 2.21. The number of halogens is 2. The van der Waals surface area contributed by atoms with E-state index in [1.165, 1.54) is 0 Å². The topological polar surface area (TPSA) is 32.3 Å². The van der Waals surface area contributed by atoms with Gasteiger partial charge in [-0.25, -0.2) is 8.78 Å². The number of β-amino-alcohol motifs (C(OH)–C–C–N with tert-alkyl or cyclic N) is 1. The fourth-order valence-electron chi connectivity index (χ4n) is 0.990. The van der Waals surface area contributed by atoms with Gasteiger partial charge in [-0.3, -0.25) is 0 Å². The summed E-state index contributed by atoms with van der Waals surface area (Å²) in [6, 6.07) is 0. The van der Waals surface area contributed by atoms with Crippen molar-refractivity contribution in [2.75, 3.05) is 13.1 Å². The van der Waals surface area contributed by atoms with Gasteiger partial charge >= 0.3 is 0 Å². The van der Waals surface area contributed by atoms with Crippen LogP contribution in [0.3, 0.4) is 0 Å². The second kappa shape index (κ2) is 2.80. The second-order valence-corrected chi connectivity index (χ2v) is 2.68. The van der Waals surface area contributed by atoms with Crippen molar-refractivity contribution in [3.8, 4) is 0 Å². The molecule has 10 heavy (non-hydrogen) atoms. The lowest BCUT2D eigenvalue weighted by molar-refractivity contribution is -0.00495. The van der Waals surface area contributed by atoms with E-state index in [0.717, 1.165) is 0 Å². The molecule has 1 saturated heterocycles. The van der Waals surface area contributed by atoms with E-state index in [1.807, 2.05) is 0 Å². The van der Waals surface area contributed by atoms with Crippen molar-refractivity contribution < 1.29 is 13.9 Å². The highest BCUT2D eigenvalue weighted by atomic mass is 19.3. The van der Waals surface area contributed by atoms with Crippen LogP contribution in [0.1, 0.15) is 12.8 Å². The molecule has 2 nitrogen and oxygen atoms in total. The molecule has 1 unspecified atom stereocenters. The van der Waals surface area contributed by atoms with Gasteiger partial charge in [0, 0.05) is 13.0 Å². The SMILES string of the molecule is OC1CCC(F)(F)CNC1. The van der Waals surface area contributed by atoms with Gasteiger partial charge in [-0.1, -0.05) is 0 Å². The molecule has 0 bridgehead atoms. The van der Waals surface area contributed by atoms with E-state index in [9.17, 15) is 8.78 Å². The first-order valence-electron chi connectivity index (χ1n) is 3.37. The van der Waals surface area contributed by atoms with Crippen LogP contribution in [0.15, 0.2) is 0 Å². The van der Waals surface area contributed by atoms with Crippen molar-refractivity contribution >= 4 is 0 Å². The maximum absolute atomic E-state index is 12.5. The summed E-state index contributed by atoms with van der Waals surface area (Å²) in [5, 5.41) is 11.4. The van der Waals surface area contributed by atoms with Gasteiger partial charge in [-0.2, -0.15) is 0 Å². The Labute approximate surface area is 58.2 Å². The van der Waals surface area contributed by atoms with Crippen LogP contribution in [-0.2, 0) is 0 Å². The van der Waals surface area contributed by atoms with Crippen molar-refractivity contribution in [1.29, 1.82) is 0 Å². The summed E-state index contributed by atoms with van der Waals surface area (Å²) in [7, 11) is 0. The monoisotopic (exact) mass is 151 g/mol. The summed E-state index contributed by atoms with van der Waals surface area (Å²) >= 11 is 0. The third-order valence-electron chi connectivity index (χ3n) is 1.61. The molecule has 1 aliphatic heterocycles. The number of alkyl halides is 2. The maximum Gasteiger partial charge on any atom is 0.260 e. The van der Waals surface area contributed by atoms with Crippen LogP contribution in [0.5, 0.6) is 0 Å². The van der Waals surface area contributed by atoms with Crippen LogP contribution in [0.4, 0.5) is 8.78 Å². The zero-order valence-electron chi connectivity index (χ0n) is 5.61. The average molecular weight is 151 g/mol. The molecule has 1 aliphatic rings. The van der Waals surface area contributed by atoms with Crippen LogP contribution in [0, 0.1) is 0 Å². The summed E-state index contributed by atoms with van der Waals surface area (Å²) in [4.78, 5) is 0. The lowest BCUT2D eigenvalue weighted by Crippen LogP contribution is -2.31. The Balaban J connectivity index is 2.41. The molecule has 0 aromatic rings. The minimum absolute atomic E-state index is 0.194. The highest BCUT2D eigenvalue weighted by Crippen LogP contribution is 2.22. The van der Waals surface area contributed by atoms with Crippen LogP contribution in [0.2, 0.25) is 0 Å². The summed E-state index contributed by atoms with van der Waals surface area (Å²) in [6.07, 6.45) is -0.616. The third-order valence-corrected chi connectivity index (χ3v) is 1.61. The molecule has 0 aliphatic carbocycles. The van der Waals surface area contributed by atoms with Gasteiger partial charge in [-0.05, 0) is 6.42 Å². The van der Waals surface area contributed by atoms with E-state index in [0.29, 0.717) is 0 Å². The number of rotatable bonds is 0. The highest BCUT2D eigenvalue weighted by molar-refractivity contribution is 4.77. The molecule has 1 fully saturated rings. The molecule has 1 rings (SSSR count). The molecule has 0 aromatic carbocycles. The van der Waals surface area contributed by atoms with Crippen LogP contribution in [-0.4, -0.2) is 30.2 Å². The van der Waals surface area contributed by atoms with Crippen molar-refractivity contribution in [3.63, 3.8) is 0 Å². The van der Waals surface area contributed by atoms with Gasteiger partial charge in [-0.15, -0.1) is 0 Å². The van der Waals surface area contributed by atoms with Gasteiger partial charge in [0.1, 0.15) is 0 Å². The Morgan fingerprint density at radius 1 is 1.50 bits per heavy atom. The Hall–Kier alpha value is -0.220. The molecule has 2 N–H and O–H groups in total. The normalized spacial score (nSPS) is 33.3. The number of hydrogen-bond donors (Lipinski definition) is 2. The van der Waals surface area contributed by atoms with Gasteiger partial charge in [0.2, 0.25) is 0 Å². The molecular weight excluding hydrogens is 140 g/mol. The van der Waals surface area contributed by atoms with E-state index >= 15 is 0 Å². The molecule has 0 aromatic heterocycles. The Morgan fingerprint density at radius 2 is 2.20 bits per heavy atom. The van der Waals surface area contributed by atoms with E-state index in [2.05, 4.69) is 5.32 Å². The molecule has 0 spiro atoms. The number of hydrogen-bond acceptors (Lipinski definition) is 2. The van der Waals surface area contributed by atoms with Crippen molar-refractivity contribution in [2.24, 2.45) is 0 Å². The first-order valence-corrected chi connectivity index (χ1v) is 3.37. The van der Waals surface area contributed by atoms with E-state index in [-0.39, 0.29) is 25.9 Å². The molecule has 4 heteroatoms. The Morgan fingerprint density at radius 3 is 2.90 bits per heavy atom. The van der Waals surface area contributed by atoms with Gasteiger partial charge in [0.15, 0.2) is 0 Å². The molecule has 1 heterocycles. The van der Waals surface area contributed by atoms with E-state index < -0.39 is 12.0 Å². The van der Waals surface area contributed by atoms with Crippen molar-refractivity contribution in [1.82, 2.24) is 5.32 Å². The quantitative estimate of drug-likeness (QED) is 0.524. The highest BCUT2D eigenvalue weighted by Gasteiger charge is 2.31. The fraction of sp³-hybridized carbons (Fsp3) is 1.00. The first-order chi connectivity index (χ1) is 4.60. The minimum atomic E-state index is -2.63. The van der Waals surface area contributed by atoms with Gasteiger partial charge in [0.05, 0.1) is 12.6 Å². The van der Waals surface area contributed by atoms with Crippen LogP contribution >= 0.6 is 0 Å². The lowest BCUT2D eigenvalue weighted by atomic mass is 10.1. The summed E-state index contributed by atoms with van der Waals surface area (Å²) < 4.78 is 24.9. The zero-order chi connectivity index (χ0) is 7.61. The van der Waals surface area contributed by atoms with Crippen molar-refractivity contribution in [2.45, 2.75) is 24.9 Å². The third kappa shape index (κ3) is 2.19. The van der Waals surface area contributed by atoms with Crippen LogP contribution < -0.4 is 5.32 Å². The molecule has 60 valence electrons. The lowest BCUT2D eigenvalue weighted by Gasteiger charge is -2.11. The molecule has 1 atom stereocenters. The predicted octanol–water partition coefficient (Wildman–Crippen LogP) is 0.366. The standard InChI is InChI=1S/C6H11F2NO/c7-6(8)2-1-5(10)3-9-4-6/h5,9-10H,1-4H2. The molecule has 0 radical (unpaired) electrons. The first kappa shape index (κ1) is 7.88. The predicted molar refractivity (Wildman–Crippen MR) is 33.1 cm³/mol. The smallest absolute Gasteiger partial charge is 0.260 e. The Bertz CT molecular complexity index is 118. The van der Waals surface area contributed by atoms with Gasteiger partial charge < -0.3 is 10.4 Å². The minimum Gasteiger partial charge on any atom is -0.392 e. The average Bonchev–Trinajstić information content (AvgIpc) is 1.94. The molecule has 0 saturated carbocycles. The molecule has 0 amide bonds.